The topological polar surface area (TPSA) is 91.4 Å². The summed E-state index contributed by atoms with van der Waals surface area (Å²) < 4.78 is 5.10. The number of H-pyrrole nitrogens is 1. The van der Waals surface area contributed by atoms with Gasteiger partial charge in [-0.25, -0.2) is 9.59 Å². The van der Waals surface area contributed by atoms with Crippen LogP contribution in [-0.2, 0) is 11.3 Å². The summed E-state index contributed by atoms with van der Waals surface area (Å²) in [4.78, 5) is 26.2. The summed E-state index contributed by atoms with van der Waals surface area (Å²) in [5, 5.41) is 12.3. The van der Waals surface area contributed by atoms with Gasteiger partial charge in [0.15, 0.2) is 0 Å². The SMILES string of the molecule is O=C(Nc1[nH]c2ccccc2c1C(=O)O)OCc1ccccc1. The summed E-state index contributed by atoms with van der Waals surface area (Å²) in [5.41, 5.74) is 1.48. The second-order valence-electron chi connectivity index (χ2n) is 4.91. The zero-order valence-electron chi connectivity index (χ0n) is 12.1. The molecule has 3 rings (SSSR count). The summed E-state index contributed by atoms with van der Waals surface area (Å²) in [5.74, 6) is -1.02. The lowest BCUT2D eigenvalue weighted by atomic mass is 10.1. The molecule has 23 heavy (non-hydrogen) atoms. The fraction of sp³-hybridized carbons (Fsp3) is 0.0588. The van der Waals surface area contributed by atoms with E-state index in [1.54, 1.807) is 24.3 Å². The van der Waals surface area contributed by atoms with E-state index >= 15 is 0 Å². The first-order chi connectivity index (χ1) is 11.1. The maximum absolute atomic E-state index is 11.9. The minimum atomic E-state index is -1.12. The third-order valence-electron chi connectivity index (χ3n) is 3.36. The van der Waals surface area contributed by atoms with Gasteiger partial charge >= 0.3 is 12.1 Å². The number of amides is 1. The van der Waals surface area contributed by atoms with Crippen molar-refractivity contribution in [1.29, 1.82) is 0 Å². The normalized spacial score (nSPS) is 10.4. The van der Waals surface area contributed by atoms with Crippen LogP contribution in [0.15, 0.2) is 54.6 Å². The van der Waals surface area contributed by atoms with Crippen molar-refractivity contribution in [3.8, 4) is 0 Å². The number of aromatic carboxylic acids is 1. The number of aromatic nitrogens is 1. The molecule has 3 N–H and O–H groups in total. The lowest BCUT2D eigenvalue weighted by Crippen LogP contribution is -2.15. The molecule has 0 saturated heterocycles. The fourth-order valence-corrected chi connectivity index (χ4v) is 2.32. The average molecular weight is 310 g/mol. The molecule has 116 valence electrons. The number of carbonyl (C=O) groups excluding carboxylic acids is 1. The number of carboxylic acid groups (broad SMARTS) is 1. The van der Waals surface area contributed by atoms with Gasteiger partial charge in [-0.1, -0.05) is 48.5 Å². The van der Waals surface area contributed by atoms with Crippen molar-refractivity contribution < 1.29 is 19.4 Å². The average Bonchev–Trinajstić information content (AvgIpc) is 2.91. The van der Waals surface area contributed by atoms with E-state index in [0.29, 0.717) is 10.9 Å². The Labute approximate surface area is 131 Å². The van der Waals surface area contributed by atoms with Crippen LogP contribution in [0.1, 0.15) is 15.9 Å². The van der Waals surface area contributed by atoms with Crippen LogP contribution in [0.2, 0.25) is 0 Å². The van der Waals surface area contributed by atoms with Crippen molar-refractivity contribution in [3.05, 3.63) is 65.7 Å². The molecule has 6 nitrogen and oxygen atoms in total. The molecular weight excluding hydrogens is 296 g/mol. The van der Waals surface area contributed by atoms with Gasteiger partial charge in [0.1, 0.15) is 18.0 Å². The van der Waals surface area contributed by atoms with E-state index in [9.17, 15) is 14.7 Å². The Morgan fingerprint density at radius 1 is 1.04 bits per heavy atom. The highest BCUT2D eigenvalue weighted by molar-refractivity contribution is 6.10. The number of para-hydroxylation sites is 1. The first kappa shape index (κ1) is 14.6. The second kappa shape index (κ2) is 6.23. The van der Waals surface area contributed by atoms with Crippen molar-refractivity contribution in [2.75, 3.05) is 5.32 Å². The quantitative estimate of drug-likeness (QED) is 0.686. The maximum atomic E-state index is 11.9. The highest BCUT2D eigenvalue weighted by atomic mass is 16.5. The third kappa shape index (κ3) is 3.16. The first-order valence-electron chi connectivity index (χ1n) is 6.97. The molecule has 0 aliphatic rings. The second-order valence-corrected chi connectivity index (χ2v) is 4.91. The summed E-state index contributed by atoms with van der Waals surface area (Å²) in [6.07, 6.45) is -0.720. The highest BCUT2D eigenvalue weighted by Gasteiger charge is 2.19. The van der Waals surface area contributed by atoms with Gasteiger partial charge in [0.25, 0.3) is 0 Å². The van der Waals surface area contributed by atoms with E-state index in [1.807, 2.05) is 30.3 Å². The molecular formula is C17H14N2O4. The van der Waals surface area contributed by atoms with Crippen molar-refractivity contribution in [2.45, 2.75) is 6.61 Å². The van der Waals surface area contributed by atoms with Crippen LogP contribution in [0.4, 0.5) is 10.6 Å². The van der Waals surface area contributed by atoms with Crippen molar-refractivity contribution in [3.63, 3.8) is 0 Å². The van der Waals surface area contributed by atoms with Crippen molar-refractivity contribution in [1.82, 2.24) is 4.98 Å². The molecule has 0 fully saturated rings. The van der Waals surface area contributed by atoms with Gasteiger partial charge in [-0.3, -0.25) is 5.32 Å². The molecule has 1 amide bonds. The van der Waals surface area contributed by atoms with Crippen LogP contribution in [0.25, 0.3) is 10.9 Å². The van der Waals surface area contributed by atoms with Gasteiger partial charge in [-0.15, -0.1) is 0 Å². The molecule has 0 bridgehead atoms. The fourth-order valence-electron chi connectivity index (χ4n) is 2.32. The number of anilines is 1. The smallest absolute Gasteiger partial charge is 0.413 e. The number of hydrogen-bond donors (Lipinski definition) is 3. The first-order valence-corrected chi connectivity index (χ1v) is 6.97. The molecule has 0 unspecified atom stereocenters. The van der Waals surface area contributed by atoms with E-state index in [0.717, 1.165) is 5.56 Å². The third-order valence-corrected chi connectivity index (χ3v) is 3.36. The molecule has 0 spiro atoms. The Hall–Kier alpha value is -3.28. The lowest BCUT2D eigenvalue weighted by Gasteiger charge is -2.06. The molecule has 0 aliphatic heterocycles. The Morgan fingerprint density at radius 2 is 1.74 bits per heavy atom. The standard InChI is InChI=1S/C17H14N2O4/c20-16(21)14-12-8-4-5-9-13(12)18-15(14)19-17(22)23-10-11-6-2-1-3-7-11/h1-9,18H,10H2,(H,19,22)(H,20,21). The van der Waals surface area contributed by atoms with Gasteiger partial charge in [0, 0.05) is 10.9 Å². The van der Waals surface area contributed by atoms with Crippen LogP contribution in [0, 0.1) is 0 Å². The molecule has 3 aromatic rings. The number of aromatic amines is 1. The Morgan fingerprint density at radius 3 is 2.48 bits per heavy atom. The van der Waals surface area contributed by atoms with Crippen LogP contribution < -0.4 is 5.32 Å². The zero-order valence-corrected chi connectivity index (χ0v) is 12.1. The number of ether oxygens (including phenoxy) is 1. The van der Waals surface area contributed by atoms with E-state index in [-0.39, 0.29) is 18.0 Å². The molecule has 1 heterocycles. The number of carboxylic acids is 1. The van der Waals surface area contributed by atoms with Crippen LogP contribution in [0.3, 0.4) is 0 Å². The largest absolute Gasteiger partial charge is 0.478 e. The summed E-state index contributed by atoms with van der Waals surface area (Å²) in [6, 6.07) is 16.2. The molecule has 6 heteroatoms. The van der Waals surface area contributed by atoms with E-state index in [2.05, 4.69) is 10.3 Å². The highest BCUT2D eigenvalue weighted by Crippen LogP contribution is 2.26. The number of hydrogen-bond acceptors (Lipinski definition) is 3. The molecule has 0 atom stereocenters. The Bertz CT molecular complexity index is 855. The lowest BCUT2D eigenvalue weighted by molar-refractivity contribution is 0.0700. The van der Waals surface area contributed by atoms with Gasteiger partial charge < -0.3 is 14.8 Å². The minimum Gasteiger partial charge on any atom is -0.478 e. The Kier molecular flexibility index (Phi) is 3.97. The van der Waals surface area contributed by atoms with E-state index in [1.165, 1.54) is 0 Å². The van der Waals surface area contributed by atoms with Crippen molar-refractivity contribution in [2.24, 2.45) is 0 Å². The summed E-state index contributed by atoms with van der Waals surface area (Å²) >= 11 is 0. The maximum Gasteiger partial charge on any atom is 0.413 e. The zero-order chi connectivity index (χ0) is 16.2. The predicted molar refractivity (Wildman–Crippen MR) is 85.5 cm³/mol. The van der Waals surface area contributed by atoms with Gasteiger partial charge in [0.05, 0.1) is 0 Å². The molecule has 0 aliphatic carbocycles. The van der Waals surface area contributed by atoms with Gasteiger partial charge in [-0.2, -0.15) is 0 Å². The van der Waals surface area contributed by atoms with Gasteiger partial charge in [0.2, 0.25) is 0 Å². The number of rotatable bonds is 4. The monoisotopic (exact) mass is 310 g/mol. The molecule has 0 radical (unpaired) electrons. The van der Waals surface area contributed by atoms with Crippen LogP contribution in [0.5, 0.6) is 0 Å². The van der Waals surface area contributed by atoms with E-state index < -0.39 is 12.1 Å². The predicted octanol–water partition coefficient (Wildman–Crippen LogP) is 3.61. The number of benzene rings is 2. The van der Waals surface area contributed by atoms with Crippen LogP contribution >= 0.6 is 0 Å². The van der Waals surface area contributed by atoms with Crippen LogP contribution in [-0.4, -0.2) is 22.2 Å². The number of carbonyl (C=O) groups is 2. The molecule has 1 aromatic heterocycles. The molecule has 0 saturated carbocycles. The Balaban J connectivity index is 1.77. The summed E-state index contributed by atoms with van der Waals surface area (Å²) in [7, 11) is 0. The number of fused-ring (bicyclic) bond motifs is 1. The van der Waals surface area contributed by atoms with Crippen molar-refractivity contribution >= 4 is 28.8 Å². The number of nitrogens with one attached hydrogen (secondary N) is 2. The minimum absolute atomic E-state index is 0.0114. The van der Waals surface area contributed by atoms with Gasteiger partial charge in [-0.05, 0) is 11.6 Å². The molecule has 2 aromatic carbocycles. The van der Waals surface area contributed by atoms with E-state index in [4.69, 9.17) is 4.74 Å². The summed E-state index contributed by atoms with van der Waals surface area (Å²) in [6.45, 7) is 0.106.